The van der Waals surface area contributed by atoms with Crippen molar-refractivity contribution in [2.24, 2.45) is 0 Å². The minimum Gasteiger partial charge on any atom is -0.492 e. The number of ether oxygens (including phenoxy) is 3. The van der Waals surface area contributed by atoms with Crippen LogP contribution in [-0.4, -0.2) is 64.7 Å². The van der Waals surface area contributed by atoms with E-state index in [0.29, 0.717) is 63.3 Å². The first-order valence-corrected chi connectivity index (χ1v) is 18.7. The average molecular weight is 831 g/mol. The van der Waals surface area contributed by atoms with Crippen LogP contribution in [0.3, 0.4) is 0 Å². The van der Waals surface area contributed by atoms with Gasteiger partial charge in [0.05, 0.1) is 46.5 Å². The molecular weight excluding hydrogens is 793 g/mol. The van der Waals surface area contributed by atoms with Gasteiger partial charge < -0.3 is 34.8 Å². The number of benzene rings is 4. The Balaban J connectivity index is 1.37. The molecule has 0 amide bonds. The number of aliphatic hydroxyl groups excluding tert-OH is 2. The second-order valence-electron chi connectivity index (χ2n) is 12.9. The van der Waals surface area contributed by atoms with Gasteiger partial charge in [-0.2, -0.15) is 15.5 Å². The topological polar surface area (TPSA) is 190 Å². The van der Waals surface area contributed by atoms with E-state index < -0.39 is 18.1 Å². The van der Waals surface area contributed by atoms with Gasteiger partial charge in [-0.05, 0) is 54.4 Å². The lowest BCUT2D eigenvalue weighted by Gasteiger charge is -2.24. The van der Waals surface area contributed by atoms with Crippen molar-refractivity contribution in [3.8, 4) is 51.9 Å². The van der Waals surface area contributed by atoms with E-state index in [0.717, 1.165) is 11.1 Å². The number of aromatic nitrogens is 1. The van der Waals surface area contributed by atoms with Crippen molar-refractivity contribution < 1.29 is 34.3 Å². The van der Waals surface area contributed by atoms with Gasteiger partial charge in [0.1, 0.15) is 36.1 Å². The monoisotopic (exact) mass is 829 g/mol. The number of nitrogens with one attached hydrogen (secondary N) is 2. The predicted octanol–water partition coefficient (Wildman–Crippen LogP) is 7.16. The molecular formula is C42H38Cl3N5O7. The molecule has 12 nitrogen and oxygen atoms in total. The molecule has 0 saturated heterocycles. The molecule has 4 aromatic carbocycles. The number of carboxylic acid groups (broad SMARTS) is 1. The molecule has 0 aliphatic carbocycles. The van der Waals surface area contributed by atoms with Crippen molar-refractivity contribution in [1.29, 1.82) is 10.5 Å². The van der Waals surface area contributed by atoms with Crippen LogP contribution in [0.2, 0.25) is 15.1 Å². The summed E-state index contributed by atoms with van der Waals surface area (Å²) < 4.78 is 17.9. The van der Waals surface area contributed by atoms with Gasteiger partial charge >= 0.3 is 5.97 Å². The second-order valence-corrected chi connectivity index (χ2v) is 14.1. The Morgan fingerprint density at radius 2 is 1.44 bits per heavy atom. The number of hydrogen-bond donors (Lipinski definition) is 5. The molecule has 0 fully saturated rings. The van der Waals surface area contributed by atoms with Crippen molar-refractivity contribution in [1.82, 2.24) is 15.6 Å². The fourth-order valence-corrected chi connectivity index (χ4v) is 6.42. The minimum atomic E-state index is -1.68. The largest absolute Gasteiger partial charge is 0.492 e. The molecule has 0 bridgehead atoms. The summed E-state index contributed by atoms with van der Waals surface area (Å²) in [6.07, 6.45) is 0. The Morgan fingerprint density at radius 3 is 2.09 bits per heavy atom. The lowest BCUT2D eigenvalue weighted by Crippen LogP contribution is -2.52. The first-order chi connectivity index (χ1) is 27.5. The van der Waals surface area contributed by atoms with Crippen LogP contribution < -0.4 is 24.8 Å². The van der Waals surface area contributed by atoms with E-state index >= 15 is 0 Å². The van der Waals surface area contributed by atoms with Crippen LogP contribution in [0.25, 0.3) is 22.3 Å². The van der Waals surface area contributed by atoms with Gasteiger partial charge in [0.15, 0.2) is 0 Å². The zero-order valence-electron chi connectivity index (χ0n) is 30.7. The van der Waals surface area contributed by atoms with E-state index in [4.69, 9.17) is 54.1 Å². The summed E-state index contributed by atoms with van der Waals surface area (Å²) in [6, 6.07) is 28.9. The highest BCUT2D eigenvalue weighted by atomic mass is 35.5. The number of pyridine rings is 1. The Bertz CT molecular complexity index is 2260. The van der Waals surface area contributed by atoms with Gasteiger partial charge in [-0.15, -0.1) is 0 Å². The minimum absolute atomic E-state index is 0.00240. The van der Waals surface area contributed by atoms with Gasteiger partial charge in [0.25, 0.3) is 0 Å². The molecule has 0 radical (unpaired) electrons. The average Bonchev–Trinajstić information content (AvgIpc) is 3.22. The molecule has 57 heavy (non-hydrogen) atoms. The molecule has 5 rings (SSSR count). The van der Waals surface area contributed by atoms with Crippen molar-refractivity contribution >= 4 is 40.8 Å². The van der Waals surface area contributed by atoms with Gasteiger partial charge in [-0.1, -0.05) is 83.3 Å². The van der Waals surface area contributed by atoms with Gasteiger partial charge in [0.2, 0.25) is 11.8 Å². The van der Waals surface area contributed by atoms with Crippen LogP contribution in [0.1, 0.15) is 34.7 Å². The number of halogens is 3. The first kappa shape index (κ1) is 42.7. The molecule has 5 N–H and O–H groups in total. The van der Waals surface area contributed by atoms with Crippen LogP contribution in [0, 0.1) is 22.7 Å². The predicted molar refractivity (Wildman–Crippen MR) is 217 cm³/mol. The fourth-order valence-electron chi connectivity index (χ4n) is 5.58. The number of nitrogens with zero attached hydrogens (tertiary/aromatic N) is 3. The van der Waals surface area contributed by atoms with Crippen LogP contribution >= 0.6 is 34.8 Å². The third-order valence-corrected chi connectivity index (χ3v) is 9.92. The third kappa shape index (κ3) is 10.9. The number of hydrogen-bond acceptors (Lipinski definition) is 11. The Kier molecular flexibility index (Phi) is 15.1. The number of carbonyl (C=O) groups is 1. The molecule has 0 aliphatic rings. The van der Waals surface area contributed by atoms with Crippen molar-refractivity contribution in [3.63, 3.8) is 0 Å². The SMILES string of the molecule is C[C@@](CO)(NCc1cc(Cl)c(OCc2cccc(-c3cccc(-c4ccc(OCCNCCO)cc4)c3Cl)c2Cl)nc1OCc1cc(C#N)cc(C#N)c1)C(=O)O. The number of carboxylic acids is 1. The highest BCUT2D eigenvalue weighted by Gasteiger charge is 2.32. The lowest BCUT2D eigenvalue weighted by atomic mass is 9.97. The van der Waals surface area contributed by atoms with Crippen molar-refractivity contribution in [2.45, 2.75) is 32.2 Å². The Labute approximate surface area is 344 Å². The molecule has 0 aliphatic heterocycles. The van der Waals surface area contributed by atoms with E-state index in [1.54, 1.807) is 18.2 Å². The molecule has 1 heterocycles. The summed E-state index contributed by atoms with van der Waals surface area (Å²) in [5.41, 5.74) is 3.41. The summed E-state index contributed by atoms with van der Waals surface area (Å²) >= 11 is 20.7. The number of rotatable bonds is 19. The number of nitriles is 2. The van der Waals surface area contributed by atoms with Crippen molar-refractivity contribution in [3.05, 3.63) is 128 Å². The molecule has 1 atom stereocenters. The zero-order chi connectivity index (χ0) is 41.0. The summed E-state index contributed by atoms with van der Waals surface area (Å²) in [7, 11) is 0. The van der Waals surface area contributed by atoms with Crippen molar-refractivity contribution in [2.75, 3.05) is 32.9 Å². The fraction of sp³-hybridized carbons (Fsp3) is 0.238. The van der Waals surface area contributed by atoms with Crippen LogP contribution in [0.15, 0.2) is 84.9 Å². The Hall–Kier alpha value is -5.41. The standard InChI is InChI=1S/C42H38Cl3N5O7/c1-42(25-52,41(53)54)49-22-31-19-36(43)40(50-39(31)56-23-28-17-26(20-46)16-27(18-28)21-47)57-24-30-4-2-6-34(37(30)44)35-7-3-5-33(38(35)45)29-8-10-32(11-9-29)55-15-13-48-12-14-51/h2-11,16-19,48-49,51-52H,12-15,22-25H2,1H3,(H,53,54)/t42-/m0/s1. The molecule has 294 valence electrons. The van der Waals surface area contributed by atoms with Crippen LogP contribution in [0.5, 0.6) is 17.5 Å². The molecule has 15 heteroatoms. The van der Waals surface area contributed by atoms with Gasteiger partial charge in [-0.25, -0.2) is 0 Å². The maximum absolute atomic E-state index is 11.8. The van der Waals surface area contributed by atoms with Gasteiger partial charge in [0, 0.05) is 47.5 Å². The highest BCUT2D eigenvalue weighted by molar-refractivity contribution is 6.38. The van der Waals surface area contributed by atoms with Crippen LogP contribution in [-0.2, 0) is 24.6 Å². The first-order valence-electron chi connectivity index (χ1n) is 17.6. The lowest BCUT2D eigenvalue weighted by molar-refractivity contribution is -0.145. The molecule has 0 saturated carbocycles. The maximum Gasteiger partial charge on any atom is 0.326 e. The summed E-state index contributed by atoms with van der Waals surface area (Å²) in [5.74, 6) is -0.533. The summed E-state index contributed by atoms with van der Waals surface area (Å²) in [4.78, 5) is 16.4. The van der Waals surface area contributed by atoms with Crippen LogP contribution in [0.4, 0.5) is 0 Å². The quantitative estimate of drug-likeness (QED) is 0.0529. The summed E-state index contributed by atoms with van der Waals surface area (Å²) in [5, 5.41) is 54.0. The van der Waals surface area contributed by atoms with E-state index in [1.165, 1.54) is 19.1 Å². The normalized spacial score (nSPS) is 11.9. The molecule has 1 aromatic heterocycles. The number of aliphatic carboxylic acids is 1. The van der Waals surface area contributed by atoms with Gasteiger partial charge in [-0.3, -0.25) is 10.1 Å². The second kappa shape index (κ2) is 20.1. The summed E-state index contributed by atoms with van der Waals surface area (Å²) in [6.45, 7) is 2.01. The number of aliphatic hydroxyl groups is 2. The zero-order valence-corrected chi connectivity index (χ0v) is 33.0. The highest BCUT2D eigenvalue weighted by Crippen LogP contribution is 2.41. The Morgan fingerprint density at radius 1 is 0.789 bits per heavy atom. The van der Waals surface area contributed by atoms with E-state index in [-0.39, 0.29) is 54.3 Å². The smallest absolute Gasteiger partial charge is 0.326 e. The van der Waals surface area contributed by atoms with E-state index in [9.17, 15) is 25.5 Å². The molecule has 5 aromatic rings. The van der Waals surface area contributed by atoms with E-state index in [2.05, 4.69) is 15.6 Å². The third-order valence-electron chi connectivity index (χ3n) is 8.80. The molecule has 0 unspecified atom stereocenters. The van der Waals surface area contributed by atoms with E-state index in [1.807, 2.05) is 66.7 Å². The maximum atomic E-state index is 11.8. The molecule has 0 spiro atoms.